The van der Waals surface area contributed by atoms with Gasteiger partial charge in [-0.05, 0) is 36.4 Å². The van der Waals surface area contributed by atoms with Crippen molar-refractivity contribution in [1.29, 1.82) is 0 Å². The summed E-state index contributed by atoms with van der Waals surface area (Å²) in [4.78, 5) is 13.1. The quantitative estimate of drug-likeness (QED) is 0.887. The average Bonchev–Trinajstić information content (AvgIpc) is 3.18. The number of ether oxygens (including phenoxy) is 2. The minimum atomic E-state index is -0.0151. The Labute approximate surface area is 134 Å². The molecule has 2 aromatic rings. The van der Waals surface area contributed by atoms with Crippen LogP contribution < -0.4 is 10.1 Å². The van der Waals surface area contributed by atoms with Gasteiger partial charge in [-0.1, -0.05) is 12.1 Å². The van der Waals surface area contributed by atoms with Crippen molar-refractivity contribution in [2.45, 2.75) is 25.4 Å². The van der Waals surface area contributed by atoms with Crippen LogP contribution in [-0.2, 0) is 16.0 Å². The monoisotopic (exact) mass is 317 g/mol. The van der Waals surface area contributed by atoms with Gasteiger partial charge in [0.05, 0.1) is 12.5 Å². The van der Waals surface area contributed by atoms with Crippen molar-refractivity contribution >= 4 is 22.9 Å². The fourth-order valence-electron chi connectivity index (χ4n) is 2.41. The highest BCUT2D eigenvalue weighted by atomic mass is 32.1. The lowest BCUT2D eigenvalue weighted by Gasteiger charge is -2.12. The molecule has 116 valence electrons. The van der Waals surface area contributed by atoms with Crippen LogP contribution in [0.3, 0.4) is 0 Å². The molecule has 4 nitrogen and oxygen atoms in total. The zero-order chi connectivity index (χ0) is 15.2. The molecule has 1 aliphatic heterocycles. The van der Waals surface area contributed by atoms with Crippen molar-refractivity contribution in [3.8, 4) is 5.75 Å². The van der Waals surface area contributed by atoms with Gasteiger partial charge in [0.2, 0.25) is 5.91 Å². The number of rotatable bonds is 6. The lowest BCUT2D eigenvalue weighted by molar-refractivity contribution is -0.115. The maximum atomic E-state index is 12.0. The summed E-state index contributed by atoms with van der Waals surface area (Å²) in [6.45, 7) is 1.39. The molecule has 1 aromatic heterocycles. The van der Waals surface area contributed by atoms with Crippen molar-refractivity contribution in [3.05, 3.63) is 46.7 Å². The van der Waals surface area contributed by atoms with Crippen molar-refractivity contribution in [3.63, 3.8) is 0 Å². The van der Waals surface area contributed by atoms with E-state index in [4.69, 9.17) is 9.47 Å². The van der Waals surface area contributed by atoms with Gasteiger partial charge in [-0.15, -0.1) is 11.3 Å². The number of amides is 1. The van der Waals surface area contributed by atoms with Crippen LogP contribution in [-0.4, -0.2) is 25.2 Å². The number of nitrogens with one attached hydrogen (secondary N) is 1. The number of carbonyl (C=O) groups is 1. The molecule has 0 aliphatic carbocycles. The van der Waals surface area contributed by atoms with Gasteiger partial charge in [-0.2, -0.15) is 0 Å². The Morgan fingerprint density at radius 1 is 1.36 bits per heavy atom. The molecule has 1 unspecified atom stereocenters. The summed E-state index contributed by atoms with van der Waals surface area (Å²) in [7, 11) is 0. The zero-order valence-electron chi connectivity index (χ0n) is 12.3. The van der Waals surface area contributed by atoms with Gasteiger partial charge in [-0.25, -0.2) is 0 Å². The molecular formula is C17H19NO3S. The van der Waals surface area contributed by atoms with Crippen LogP contribution in [0.2, 0.25) is 0 Å². The van der Waals surface area contributed by atoms with E-state index < -0.39 is 0 Å². The molecule has 3 rings (SSSR count). The van der Waals surface area contributed by atoms with Gasteiger partial charge < -0.3 is 14.8 Å². The molecule has 1 amide bonds. The smallest absolute Gasteiger partial charge is 0.229 e. The number of hydrogen-bond donors (Lipinski definition) is 1. The predicted molar refractivity (Wildman–Crippen MR) is 87.6 cm³/mol. The van der Waals surface area contributed by atoms with Gasteiger partial charge in [0, 0.05) is 23.2 Å². The lowest BCUT2D eigenvalue weighted by Crippen LogP contribution is -2.16. The molecule has 2 heterocycles. The van der Waals surface area contributed by atoms with E-state index in [0.717, 1.165) is 35.8 Å². The molecule has 0 bridgehead atoms. The van der Waals surface area contributed by atoms with Crippen LogP contribution in [0.4, 0.5) is 5.69 Å². The number of anilines is 1. The van der Waals surface area contributed by atoms with Gasteiger partial charge in [0.15, 0.2) is 0 Å². The molecule has 1 N–H and O–H groups in total. The summed E-state index contributed by atoms with van der Waals surface area (Å²) < 4.78 is 11.3. The molecule has 1 aliphatic rings. The Morgan fingerprint density at radius 2 is 2.32 bits per heavy atom. The van der Waals surface area contributed by atoms with E-state index in [0.29, 0.717) is 13.0 Å². The van der Waals surface area contributed by atoms with Crippen molar-refractivity contribution in [2.75, 3.05) is 18.5 Å². The molecular weight excluding hydrogens is 298 g/mol. The van der Waals surface area contributed by atoms with E-state index in [2.05, 4.69) is 5.32 Å². The third-order valence-corrected chi connectivity index (χ3v) is 4.37. The summed E-state index contributed by atoms with van der Waals surface area (Å²) in [6, 6.07) is 11.4. The Bertz CT molecular complexity index is 606. The Morgan fingerprint density at radius 3 is 3.09 bits per heavy atom. The fourth-order valence-corrected chi connectivity index (χ4v) is 3.11. The van der Waals surface area contributed by atoms with E-state index in [1.165, 1.54) is 0 Å². The first kappa shape index (κ1) is 15.1. The number of hydrogen-bond acceptors (Lipinski definition) is 4. The van der Waals surface area contributed by atoms with Crippen LogP contribution in [0, 0.1) is 0 Å². The molecule has 0 saturated carbocycles. The van der Waals surface area contributed by atoms with Crippen LogP contribution in [0.1, 0.15) is 17.7 Å². The van der Waals surface area contributed by atoms with Crippen molar-refractivity contribution in [1.82, 2.24) is 0 Å². The fraction of sp³-hybridized carbons (Fsp3) is 0.353. The van der Waals surface area contributed by atoms with Crippen LogP contribution in [0.5, 0.6) is 5.75 Å². The topological polar surface area (TPSA) is 47.6 Å². The second kappa shape index (κ2) is 7.42. The Hall–Kier alpha value is -1.85. The SMILES string of the molecule is O=C(Cc1cccs1)Nc1cccc(OCC2CCCO2)c1. The third-order valence-electron chi connectivity index (χ3n) is 3.49. The molecule has 1 atom stereocenters. The minimum absolute atomic E-state index is 0.0151. The first-order valence-corrected chi connectivity index (χ1v) is 8.34. The average molecular weight is 317 g/mol. The highest BCUT2D eigenvalue weighted by Crippen LogP contribution is 2.20. The van der Waals surface area contributed by atoms with Gasteiger partial charge in [0.25, 0.3) is 0 Å². The summed E-state index contributed by atoms with van der Waals surface area (Å²) in [5.41, 5.74) is 0.756. The van der Waals surface area contributed by atoms with Gasteiger partial charge >= 0.3 is 0 Å². The molecule has 22 heavy (non-hydrogen) atoms. The normalized spacial score (nSPS) is 17.4. The zero-order valence-corrected chi connectivity index (χ0v) is 13.1. The van der Waals surface area contributed by atoms with E-state index in [1.54, 1.807) is 11.3 Å². The second-order valence-electron chi connectivity index (χ2n) is 5.28. The molecule has 5 heteroatoms. The maximum absolute atomic E-state index is 12.0. The summed E-state index contributed by atoms with van der Waals surface area (Å²) in [6.07, 6.45) is 2.75. The molecule has 0 spiro atoms. The van der Waals surface area contributed by atoms with E-state index in [9.17, 15) is 4.79 Å². The standard InChI is InChI=1S/C17H19NO3S/c19-17(11-16-7-3-9-22-16)18-13-4-1-5-14(10-13)21-12-15-6-2-8-20-15/h1,3-5,7,9-10,15H,2,6,8,11-12H2,(H,18,19). The largest absolute Gasteiger partial charge is 0.491 e. The second-order valence-corrected chi connectivity index (χ2v) is 6.31. The Kier molecular flexibility index (Phi) is 5.08. The molecule has 0 radical (unpaired) electrons. The first-order valence-electron chi connectivity index (χ1n) is 7.46. The highest BCUT2D eigenvalue weighted by molar-refractivity contribution is 7.10. The summed E-state index contributed by atoms with van der Waals surface area (Å²) in [5.74, 6) is 0.739. The number of carbonyl (C=O) groups excluding carboxylic acids is 1. The van der Waals surface area contributed by atoms with Gasteiger partial charge in [0.1, 0.15) is 12.4 Å². The highest BCUT2D eigenvalue weighted by Gasteiger charge is 2.16. The van der Waals surface area contributed by atoms with Crippen LogP contribution in [0.25, 0.3) is 0 Å². The molecule has 1 fully saturated rings. The van der Waals surface area contributed by atoms with E-state index in [1.807, 2.05) is 41.8 Å². The molecule has 1 saturated heterocycles. The minimum Gasteiger partial charge on any atom is -0.491 e. The summed E-state index contributed by atoms with van der Waals surface area (Å²) >= 11 is 1.59. The van der Waals surface area contributed by atoms with Crippen LogP contribution in [0.15, 0.2) is 41.8 Å². The summed E-state index contributed by atoms with van der Waals surface area (Å²) in [5, 5.41) is 4.88. The van der Waals surface area contributed by atoms with Gasteiger partial charge in [-0.3, -0.25) is 4.79 Å². The first-order chi connectivity index (χ1) is 10.8. The van der Waals surface area contributed by atoms with Crippen molar-refractivity contribution in [2.24, 2.45) is 0 Å². The van der Waals surface area contributed by atoms with E-state index >= 15 is 0 Å². The molecule has 1 aromatic carbocycles. The predicted octanol–water partition coefficient (Wildman–Crippen LogP) is 3.49. The maximum Gasteiger partial charge on any atom is 0.229 e. The lowest BCUT2D eigenvalue weighted by atomic mass is 10.2. The number of thiophene rings is 1. The van der Waals surface area contributed by atoms with Crippen molar-refractivity contribution < 1.29 is 14.3 Å². The number of benzene rings is 1. The van der Waals surface area contributed by atoms with Crippen LogP contribution >= 0.6 is 11.3 Å². The third kappa shape index (κ3) is 4.32. The Balaban J connectivity index is 1.52. The van der Waals surface area contributed by atoms with E-state index in [-0.39, 0.29) is 12.0 Å².